The number of alkyl halides is 3. The van der Waals surface area contributed by atoms with Crippen LogP contribution in [0.4, 0.5) is 18.9 Å². The van der Waals surface area contributed by atoms with E-state index in [1.165, 1.54) is 12.1 Å². The number of anilines is 1. The number of hydrazine groups is 1. The van der Waals surface area contributed by atoms with Gasteiger partial charge in [0.25, 0.3) is 5.91 Å². The lowest BCUT2D eigenvalue weighted by Gasteiger charge is -2.12. The zero-order valence-corrected chi connectivity index (χ0v) is 12.0. The summed E-state index contributed by atoms with van der Waals surface area (Å²) in [6.07, 6.45) is -4.42. The molecule has 116 valence electrons. The number of halogens is 3. The number of rotatable bonds is 4. The Bertz CT molecular complexity index is 508. The average molecular weight is 320 g/mol. The van der Waals surface area contributed by atoms with E-state index in [9.17, 15) is 18.0 Å². The van der Waals surface area contributed by atoms with Crippen molar-refractivity contribution in [1.82, 2.24) is 16.2 Å². The molecule has 0 bridgehead atoms. The van der Waals surface area contributed by atoms with Gasteiger partial charge in [0.1, 0.15) is 0 Å². The van der Waals surface area contributed by atoms with Crippen molar-refractivity contribution < 1.29 is 18.0 Å². The summed E-state index contributed by atoms with van der Waals surface area (Å²) in [6, 6.07) is 4.60. The van der Waals surface area contributed by atoms with Crippen LogP contribution in [0, 0.1) is 0 Å². The Hall–Kier alpha value is -2.03. The molecule has 0 aliphatic rings. The second-order valence-corrected chi connectivity index (χ2v) is 4.37. The molecule has 0 aliphatic heterocycles. The number of thiocarbonyl (C=S) groups is 1. The standard InChI is InChI=1S/C12H15F3N4OS/c1-2-16-11(21)19-18-10(20)7-17-9-5-3-4-8(6-9)12(13,14)15/h3-6,17H,2,7H2,1H3,(H,18,20)(H2,16,19,21). The Morgan fingerprint density at radius 2 is 2.00 bits per heavy atom. The van der Waals surface area contributed by atoms with Gasteiger partial charge in [-0.25, -0.2) is 0 Å². The van der Waals surface area contributed by atoms with Gasteiger partial charge in [0, 0.05) is 12.2 Å². The number of carbonyl (C=O) groups excluding carboxylic acids is 1. The highest BCUT2D eigenvalue weighted by atomic mass is 32.1. The summed E-state index contributed by atoms with van der Waals surface area (Å²) < 4.78 is 37.5. The van der Waals surface area contributed by atoms with E-state index in [1.807, 2.05) is 6.92 Å². The van der Waals surface area contributed by atoms with Crippen molar-refractivity contribution >= 4 is 28.9 Å². The minimum Gasteiger partial charge on any atom is -0.376 e. The van der Waals surface area contributed by atoms with Gasteiger partial charge in [0.2, 0.25) is 0 Å². The molecular weight excluding hydrogens is 305 g/mol. The maximum atomic E-state index is 12.5. The maximum absolute atomic E-state index is 12.5. The van der Waals surface area contributed by atoms with Crippen LogP contribution >= 0.6 is 12.2 Å². The highest BCUT2D eigenvalue weighted by molar-refractivity contribution is 7.80. The number of nitrogens with one attached hydrogen (secondary N) is 4. The van der Waals surface area contributed by atoms with Gasteiger partial charge < -0.3 is 10.6 Å². The van der Waals surface area contributed by atoms with Gasteiger partial charge in [0.05, 0.1) is 12.1 Å². The third kappa shape index (κ3) is 6.30. The van der Waals surface area contributed by atoms with E-state index in [1.54, 1.807) is 0 Å². The van der Waals surface area contributed by atoms with Gasteiger partial charge in [-0.2, -0.15) is 13.2 Å². The van der Waals surface area contributed by atoms with Gasteiger partial charge in [-0.1, -0.05) is 6.07 Å². The topological polar surface area (TPSA) is 65.2 Å². The molecule has 0 unspecified atom stereocenters. The summed E-state index contributed by atoms with van der Waals surface area (Å²) in [4.78, 5) is 11.5. The summed E-state index contributed by atoms with van der Waals surface area (Å²) in [7, 11) is 0. The predicted molar refractivity (Wildman–Crippen MR) is 77.5 cm³/mol. The van der Waals surface area contributed by atoms with Gasteiger partial charge in [-0.3, -0.25) is 15.6 Å². The molecule has 1 rings (SSSR count). The van der Waals surface area contributed by atoms with Crippen molar-refractivity contribution in [3.05, 3.63) is 29.8 Å². The summed E-state index contributed by atoms with van der Waals surface area (Å²) in [5.41, 5.74) is 4.19. The van der Waals surface area contributed by atoms with Crippen LogP contribution < -0.4 is 21.5 Å². The molecule has 1 aromatic carbocycles. The number of hydrogen-bond acceptors (Lipinski definition) is 3. The molecular formula is C12H15F3N4OS. The molecule has 1 aromatic rings. The zero-order chi connectivity index (χ0) is 15.9. The number of amides is 1. The van der Waals surface area contributed by atoms with Gasteiger partial charge >= 0.3 is 6.18 Å². The number of benzene rings is 1. The molecule has 0 fully saturated rings. The zero-order valence-electron chi connectivity index (χ0n) is 11.2. The Labute approximate surface area is 125 Å². The summed E-state index contributed by atoms with van der Waals surface area (Å²) in [6.45, 7) is 2.25. The first-order valence-corrected chi connectivity index (χ1v) is 6.47. The van der Waals surface area contributed by atoms with E-state index in [4.69, 9.17) is 12.2 Å². The molecule has 0 radical (unpaired) electrons. The van der Waals surface area contributed by atoms with Crippen LogP contribution in [-0.4, -0.2) is 24.1 Å². The van der Waals surface area contributed by atoms with Crippen LogP contribution in [0.15, 0.2) is 24.3 Å². The Morgan fingerprint density at radius 1 is 1.29 bits per heavy atom. The Balaban J connectivity index is 2.45. The van der Waals surface area contributed by atoms with Crippen LogP contribution in [0.3, 0.4) is 0 Å². The van der Waals surface area contributed by atoms with Crippen molar-refractivity contribution in [2.24, 2.45) is 0 Å². The monoisotopic (exact) mass is 320 g/mol. The molecule has 21 heavy (non-hydrogen) atoms. The SMILES string of the molecule is CCNC(=S)NNC(=O)CNc1cccc(C(F)(F)F)c1. The van der Waals surface area contributed by atoms with Crippen LogP contribution in [-0.2, 0) is 11.0 Å². The minimum atomic E-state index is -4.42. The average Bonchev–Trinajstić information content (AvgIpc) is 2.42. The fraction of sp³-hybridized carbons (Fsp3) is 0.333. The third-order valence-corrected chi connectivity index (χ3v) is 2.54. The first-order chi connectivity index (χ1) is 9.82. The van der Waals surface area contributed by atoms with E-state index >= 15 is 0 Å². The van der Waals surface area contributed by atoms with Crippen LogP contribution in [0.25, 0.3) is 0 Å². The summed E-state index contributed by atoms with van der Waals surface area (Å²) in [5, 5.41) is 5.61. The molecule has 0 saturated heterocycles. The first-order valence-electron chi connectivity index (χ1n) is 6.06. The summed E-state index contributed by atoms with van der Waals surface area (Å²) >= 11 is 4.82. The molecule has 0 atom stereocenters. The molecule has 0 heterocycles. The van der Waals surface area contributed by atoms with Crippen LogP contribution in [0.5, 0.6) is 0 Å². The Morgan fingerprint density at radius 3 is 2.62 bits per heavy atom. The molecule has 1 amide bonds. The van der Waals surface area contributed by atoms with Crippen LogP contribution in [0.1, 0.15) is 12.5 Å². The quantitative estimate of drug-likeness (QED) is 0.502. The second-order valence-electron chi connectivity index (χ2n) is 3.96. The molecule has 0 spiro atoms. The maximum Gasteiger partial charge on any atom is 0.416 e. The van der Waals surface area contributed by atoms with Crippen LogP contribution in [0.2, 0.25) is 0 Å². The molecule has 0 aromatic heterocycles. The number of carbonyl (C=O) groups is 1. The normalized spacial score (nSPS) is 10.7. The Kier molecular flexibility index (Phi) is 6.22. The van der Waals surface area contributed by atoms with E-state index in [0.29, 0.717) is 6.54 Å². The van der Waals surface area contributed by atoms with Crippen molar-refractivity contribution in [1.29, 1.82) is 0 Å². The van der Waals surface area contributed by atoms with E-state index < -0.39 is 17.6 Å². The van der Waals surface area contributed by atoms with Crippen molar-refractivity contribution in [3.63, 3.8) is 0 Å². The lowest BCUT2D eigenvalue weighted by atomic mass is 10.2. The van der Waals surface area contributed by atoms with Crippen molar-refractivity contribution in [3.8, 4) is 0 Å². The highest BCUT2D eigenvalue weighted by Gasteiger charge is 2.30. The fourth-order valence-electron chi connectivity index (χ4n) is 1.36. The van der Waals surface area contributed by atoms with Crippen molar-refractivity contribution in [2.45, 2.75) is 13.1 Å². The molecule has 9 heteroatoms. The molecule has 5 nitrogen and oxygen atoms in total. The van der Waals surface area contributed by atoms with Crippen molar-refractivity contribution in [2.75, 3.05) is 18.4 Å². The van der Waals surface area contributed by atoms with E-state index in [2.05, 4.69) is 21.5 Å². The minimum absolute atomic E-state index is 0.191. The van der Waals surface area contributed by atoms with E-state index in [0.717, 1.165) is 12.1 Å². The van der Waals surface area contributed by atoms with E-state index in [-0.39, 0.29) is 17.3 Å². The largest absolute Gasteiger partial charge is 0.416 e. The number of hydrogen-bond donors (Lipinski definition) is 4. The predicted octanol–water partition coefficient (Wildman–Crippen LogP) is 1.63. The molecule has 0 saturated carbocycles. The lowest BCUT2D eigenvalue weighted by Crippen LogP contribution is -2.48. The van der Waals surface area contributed by atoms with Gasteiger partial charge in [-0.15, -0.1) is 0 Å². The van der Waals surface area contributed by atoms with Gasteiger partial charge in [0.15, 0.2) is 5.11 Å². The van der Waals surface area contributed by atoms with Gasteiger partial charge in [-0.05, 0) is 37.3 Å². The summed E-state index contributed by atoms with van der Waals surface area (Å²) in [5.74, 6) is -0.465. The second kappa shape index (κ2) is 7.67. The fourth-order valence-corrected chi connectivity index (χ4v) is 1.56. The highest BCUT2D eigenvalue weighted by Crippen LogP contribution is 2.30. The molecule has 4 N–H and O–H groups in total. The first kappa shape index (κ1) is 17.0. The molecule has 0 aliphatic carbocycles. The third-order valence-electron chi connectivity index (χ3n) is 2.30. The lowest BCUT2D eigenvalue weighted by molar-refractivity contribution is -0.137. The smallest absolute Gasteiger partial charge is 0.376 e.